The summed E-state index contributed by atoms with van der Waals surface area (Å²) >= 11 is 0. The van der Waals surface area contributed by atoms with E-state index in [1.54, 1.807) is 7.05 Å². The number of hydrogen-bond donors (Lipinski definition) is 2. The molecule has 5 nitrogen and oxygen atoms in total. The first-order valence-electron chi connectivity index (χ1n) is 8.77. The number of ether oxygens (including phenoxy) is 2. The van der Waals surface area contributed by atoms with Crippen LogP contribution in [0.1, 0.15) is 24.8 Å². The highest BCUT2D eigenvalue weighted by molar-refractivity contribution is 5.79. The van der Waals surface area contributed by atoms with Crippen molar-refractivity contribution in [2.75, 3.05) is 40.0 Å². The van der Waals surface area contributed by atoms with E-state index in [2.05, 4.69) is 15.6 Å². The fourth-order valence-corrected chi connectivity index (χ4v) is 2.64. The van der Waals surface area contributed by atoms with E-state index in [9.17, 15) is 8.78 Å². The number of rotatable bonds is 8. The molecule has 0 aromatic heterocycles. The van der Waals surface area contributed by atoms with Gasteiger partial charge in [-0.3, -0.25) is 4.99 Å². The van der Waals surface area contributed by atoms with Crippen molar-refractivity contribution >= 4 is 5.96 Å². The fraction of sp³-hybridized carbons (Fsp3) is 0.611. The molecule has 7 heteroatoms. The lowest BCUT2D eigenvalue weighted by Crippen LogP contribution is -2.39. The molecular formula is C18H27F2N3O2. The monoisotopic (exact) mass is 355 g/mol. The van der Waals surface area contributed by atoms with Crippen LogP contribution in [0, 0.1) is 11.6 Å². The zero-order valence-corrected chi connectivity index (χ0v) is 14.7. The number of aliphatic imine (C=N–C) groups is 1. The molecule has 0 atom stereocenters. The van der Waals surface area contributed by atoms with Crippen molar-refractivity contribution < 1.29 is 18.3 Å². The summed E-state index contributed by atoms with van der Waals surface area (Å²) in [6.07, 6.45) is 3.50. The molecule has 0 bridgehead atoms. The van der Waals surface area contributed by atoms with Crippen molar-refractivity contribution in [2.45, 2.75) is 31.8 Å². The lowest BCUT2D eigenvalue weighted by molar-refractivity contribution is -0.0320. The van der Waals surface area contributed by atoms with Crippen LogP contribution in [0.2, 0.25) is 0 Å². The average molecular weight is 355 g/mol. The molecule has 0 amide bonds. The number of hydrogen-bond acceptors (Lipinski definition) is 3. The van der Waals surface area contributed by atoms with Crippen LogP contribution in [-0.4, -0.2) is 52.0 Å². The molecule has 0 radical (unpaired) electrons. The molecular weight excluding hydrogens is 328 g/mol. The molecule has 1 saturated heterocycles. The van der Waals surface area contributed by atoms with Gasteiger partial charge >= 0.3 is 0 Å². The van der Waals surface area contributed by atoms with Gasteiger partial charge in [0.2, 0.25) is 0 Å². The first-order chi connectivity index (χ1) is 12.2. The van der Waals surface area contributed by atoms with Crippen LogP contribution >= 0.6 is 0 Å². The van der Waals surface area contributed by atoms with Crippen LogP contribution < -0.4 is 10.6 Å². The van der Waals surface area contributed by atoms with E-state index in [-0.39, 0.29) is 0 Å². The van der Waals surface area contributed by atoms with E-state index in [0.717, 1.165) is 51.2 Å². The maximum atomic E-state index is 13.6. The van der Waals surface area contributed by atoms with Crippen molar-refractivity contribution in [3.05, 3.63) is 35.4 Å². The van der Waals surface area contributed by atoms with Gasteiger partial charge in [-0.25, -0.2) is 8.78 Å². The zero-order chi connectivity index (χ0) is 17.9. The molecule has 2 N–H and O–H groups in total. The predicted octanol–water partition coefficient (Wildman–Crippen LogP) is 2.26. The minimum atomic E-state index is -0.427. The van der Waals surface area contributed by atoms with Gasteiger partial charge in [-0.2, -0.15) is 0 Å². The molecule has 1 aliphatic heterocycles. The third kappa shape index (κ3) is 7.36. The maximum absolute atomic E-state index is 13.6. The van der Waals surface area contributed by atoms with Crippen molar-refractivity contribution in [3.8, 4) is 0 Å². The van der Waals surface area contributed by atoms with E-state index < -0.39 is 11.6 Å². The van der Waals surface area contributed by atoms with Crippen molar-refractivity contribution in [2.24, 2.45) is 4.99 Å². The summed E-state index contributed by atoms with van der Waals surface area (Å²) < 4.78 is 37.8. The molecule has 0 spiro atoms. The summed E-state index contributed by atoms with van der Waals surface area (Å²) in [4.78, 5) is 4.12. The third-order valence-corrected chi connectivity index (χ3v) is 4.05. The summed E-state index contributed by atoms with van der Waals surface area (Å²) in [5.74, 6) is -0.178. The van der Waals surface area contributed by atoms with Gasteiger partial charge in [-0.1, -0.05) is 0 Å². The number of nitrogens with one attached hydrogen (secondary N) is 2. The van der Waals surface area contributed by atoms with Crippen LogP contribution in [0.25, 0.3) is 0 Å². The quantitative estimate of drug-likeness (QED) is 0.427. The van der Waals surface area contributed by atoms with E-state index in [1.165, 1.54) is 6.07 Å². The highest BCUT2D eigenvalue weighted by Gasteiger charge is 2.13. The standard InChI is InChI=1S/C18H27F2N3O2/c1-21-18(22-8-2-10-25-16-6-11-24-12-7-16)23-9-5-14-13-15(19)3-4-17(14)20/h3-4,13,16H,2,5-12H2,1H3,(H2,21,22,23). The van der Waals surface area contributed by atoms with E-state index in [0.29, 0.717) is 37.2 Å². The minimum absolute atomic E-state index is 0.312. The highest BCUT2D eigenvalue weighted by atomic mass is 19.1. The first kappa shape index (κ1) is 19.6. The summed E-state index contributed by atoms with van der Waals surface area (Å²) in [6.45, 7) is 3.47. The van der Waals surface area contributed by atoms with Gasteiger partial charge in [-0.15, -0.1) is 0 Å². The number of nitrogens with zero attached hydrogens (tertiary/aromatic N) is 1. The third-order valence-electron chi connectivity index (χ3n) is 4.05. The topological polar surface area (TPSA) is 54.9 Å². The van der Waals surface area contributed by atoms with Crippen molar-refractivity contribution in [1.82, 2.24) is 10.6 Å². The Morgan fingerprint density at radius 3 is 2.76 bits per heavy atom. The highest BCUT2D eigenvalue weighted by Crippen LogP contribution is 2.11. The molecule has 1 fully saturated rings. The molecule has 140 valence electrons. The van der Waals surface area contributed by atoms with Gasteiger partial charge in [0.05, 0.1) is 6.10 Å². The van der Waals surface area contributed by atoms with Gasteiger partial charge in [0.25, 0.3) is 0 Å². The van der Waals surface area contributed by atoms with Gasteiger partial charge in [0.1, 0.15) is 11.6 Å². The van der Waals surface area contributed by atoms with Crippen LogP contribution in [0.4, 0.5) is 8.78 Å². The number of benzene rings is 1. The summed E-state index contributed by atoms with van der Waals surface area (Å²) in [6, 6.07) is 3.49. The SMILES string of the molecule is CN=C(NCCCOC1CCOCC1)NCCc1cc(F)ccc1F. The number of guanidine groups is 1. The molecule has 0 aliphatic carbocycles. The molecule has 0 unspecified atom stereocenters. The van der Waals surface area contributed by atoms with Crippen LogP contribution in [0.3, 0.4) is 0 Å². The van der Waals surface area contributed by atoms with E-state index in [1.807, 2.05) is 0 Å². The molecule has 25 heavy (non-hydrogen) atoms. The summed E-state index contributed by atoms with van der Waals surface area (Å²) in [5, 5.41) is 6.28. The van der Waals surface area contributed by atoms with Crippen molar-refractivity contribution in [1.29, 1.82) is 0 Å². The zero-order valence-electron chi connectivity index (χ0n) is 14.7. The Morgan fingerprint density at radius 1 is 1.24 bits per heavy atom. The molecule has 1 aromatic carbocycles. The minimum Gasteiger partial charge on any atom is -0.381 e. The van der Waals surface area contributed by atoms with Gasteiger partial charge in [0, 0.05) is 40.0 Å². The lowest BCUT2D eigenvalue weighted by Gasteiger charge is -2.22. The number of halogens is 2. The average Bonchev–Trinajstić information content (AvgIpc) is 2.63. The van der Waals surface area contributed by atoms with E-state index in [4.69, 9.17) is 9.47 Å². The Hall–Kier alpha value is -1.73. The molecule has 2 rings (SSSR count). The van der Waals surface area contributed by atoms with Crippen LogP contribution in [0.15, 0.2) is 23.2 Å². The van der Waals surface area contributed by atoms with Gasteiger partial charge < -0.3 is 20.1 Å². The Morgan fingerprint density at radius 2 is 2.00 bits per heavy atom. The molecule has 0 saturated carbocycles. The summed E-state index contributed by atoms with van der Waals surface area (Å²) in [7, 11) is 1.68. The van der Waals surface area contributed by atoms with Gasteiger partial charge in [-0.05, 0) is 49.4 Å². The van der Waals surface area contributed by atoms with Crippen LogP contribution in [-0.2, 0) is 15.9 Å². The maximum Gasteiger partial charge on any atom is 0.190 e. The second-order valence-electron chi connectivity index (χ2n) is 5.95. The van der Waals surface area contributed by atoms with Crippen molar-refractivity contribution in [3.63, 3.8) is 0 Å². The molecule has 1 aliphatic rings. The molecule has 1 heterocycles. The Kier molecular flexibility index (Phi) is 8.62. The van der Waals surface area contributed by atoms with Gasteiger partial charge in [0.15, 0.2) is 5.96 Å². The largest absolute Gasteiger partial charge is 0.381 e. The van der Waals surface area contributed by atoms with Crippen LogP contribution in [0.5, 0.6) is 0 Å². The predicted molar refractivity (Wildman–Crippen MR) is 93.8 cm³/mol. The Bertz CT molecular complexity index is 549. The normalized spacial score (nSPS) is 16.0. The smallest absolute Gasteiger partial charge is 0.190 e. The molecule has 1 aromatic rings. The Balaban J connectivity index is 1.58. The second kappa shape index (κ2) is 11.0. The summed E-state index contributed by atoms with van der Waals surface area (Å²) in [5.41, 5.74) is 0.354. The Labute approximate surface area is 147 Å². The lowest BCUT2D eigenvalue weighted by atomic mass is 10.1. The first-order valence-corrected chi connectivity index (χ1v) is 8.77. The fourth-order valence-electron chi connectivity index (χ4n) is 2.64. The van der Waals surface area contributed by atoms with E-state index >= 15 is 0 Å². The second-order valence-corrected chi connectivity index (χ2v) is 5.95.